The van der Waals surface area contributed by atoms with Crippen LogP contribution in [0.2, 0.25) is 0 Å². The number of rotatable bonds is 10. The van der Waals surface area contributed by atoms with Gasteiger partial charge in [0.15, 0.2) is 0 Å². The topological polar surface area (TPSA) is 18.5 Å². The zero-order valence-corrected chi connectivity index (χ0v) is 25.0. The molecule has 3 heteroatoms. The van der Waals surface area contributed by atoms with Crippen LogP contribution in [0.4, 0.5) is 4.39 Å². The first-order valence-electron chi connectivity index (χ1n) is 16.9. The van der Waals surface area contributed by atoms with Crippen molar-refractivity contribution in [2.75, 3.05) is 13.2 Å². The summed E-state index contributed by atoms with van der Waals surface area (Å²) in [6.45, 7) is 6.12. The maximum Gasteiger partial charge on any atom is 0.130 e. The quantitative estimate of drug-likeness (QED) is 0.276. The Hall–Kier alpha value is -1.19. The van der Waals surface area contributed by atoms with Crippen molar-refractivity contribution in [1.29, 1.82) is 0 Å². The summed E-state index contributed by atoms with van der Waals surface area (Å²) in [6.07, 6.45) is 24.5. The molecule has 4 aliphatic carbocycles. The summed E-state index contributed by atoms with van der Waals surface area (Å²) < 4.78 is 27.4. The lowest BCUT2D eigenvalue weighted by Crippen LogP contribution is -2.28. The Kier molecular flexibility index (Phi) is 11.0. The summed E-state index contributed by atoms with van der Waals surface area (Å²) in [7, 11) is 0. The molecule has 0 radical (unpaired) electrons. The van der Waals surface area contributed by atoms with Crippen molar-refractivity contribution >= 4 is 5.57 Å². The molecule has 0 heterocycles. The Morgan fingerprint density at radius 1 is 0.718 bits per heavy atom. The molecule has 1 aromatic carbocycles. The van der Waals surface area contributed by atoms with E-state index in [1.807, 2.05) is 6.07 Å². The van der Waals surface area contributed by atoms with Crippen LogP contribution in [-0.2, 0) is 9.47 Å². The molecular formula is C36H55FO2. The van der Waals surface area contributed by atoms with Gasteiger partial charge in [0.1, 0.15) is 5.82 Å². The summed E-state index contributed by atoms with van der Waals surface area (Å²) in [4.78, 5) is 0. The highest BCUT2D eigenvalue weighted by molar-refractivity contribution is 5.67. The molecule has 4 aliphatic rings. The summed E-state index contributed by atoms with van der Waals surface area (Å²) in [5.74, 6) is 3.91. The lowest BCUT2D eigenvalue weighted by molar-refractivity contribution is 0.00675. The number of hydrogen-bond donors (Lipinski definition) is 0. The fourth-order valence-electron chi connectivity index (χ4n) is 8.58. The Morgan fingerprint density at radius 2 is 1.33 bits per heavy atom. The predicted molar refractivity (Wildman–Crippen MR) is 160 cm³/mol. The van der Waals surface area contributed by atoms with Crippen molar-refractivity contribution in [1.82, 2.24) is 0 Å². The molecule has 1 aromatic rings. The molecule has 0 saturated heterocycles. The molecule has 3 fully saturated rings. The summed E-state index contributed by atoms with van der Waals surface area (Å²) >= 11 is 0. The molecule has 2 nitrogen and oxygen atoms in total. The van der Waals surface area contributed by atoms with Crippen molar-refractivity contribution in [3.63, 3.8) is 0 Å². The molecule has 0 aromatic heterocycles. The minimum absolute atomic E-state index is 0.0120. The first-order chi connectivity index (χ1) is 19.1. The van der Waals surface area contributed by atoms with E-state index in [2.05, 4.69) is 32.1 Å². The van der Waals surface area contributed by atoms with Crippen LogP contribution in [0.3, 0.4) is 0 Å². The Balaban J connectivity index is 1.07. The molecule has 1 atom stereocenters. The SMILES string of the molecule is CCCCOC1CCC(C2CCC(c3ccc(C4=CCC(C5CCC(OCC)CC5)CC4)c(F)c3)CC2)CC1. The highest BCUT2D eigenvalue weighted by Gasteiger charge is 2.32. The van der Waals surface area contributed by atoms with Crippen LogP contribution < -0.4 is 0 Å². The average molecular weight is 539 g/mol. The van der Waals surface area contributed by atoms with Crippen LogP contribution in [0.15, 0.2) is 24.3 Å². The third-order valence-corrected chi connectivity index (χ3v) is 11.1. The zero-order chi connectivity index (χ0) is 27.0. The first kappa shape index (κ1) is 29.3. The molecule has 0 bridgehead atoms. The average Bonchev–Trinajstić information content (AvgIpc) is 2.98. The number of allylic oxidation sites excluding steroid dienone is 2. The van der Waals surface area contributed by atoms with E-state index in [-0.39, 0.29) is 5.82 Å². The third-order valence-electron chi connectivity index (χ3n) is 11.1. The van der Waals surface area contributed by atoms with Crippen molar-refractivity contribution < 1.29 is 13.9 Å². The van der Waals surface area contributed by atoms with Crippen LogP contribution in [0.5, 0.6) is 0 Å². The predicted octanol–water partition coefficient (Wildman–Crippen LogP) is 10.3. The summed E-state index contributed by atoms with van der Waals surface area (Å²) in [6, 6.07) is 6.25. The smallest absolute Gasteiger partial charge is 0.130 e. The van der Waals surface area contributed by atoms with Gasteiger partial charge in [0.05, 0.1) is 12.2 Å². The summed E-state index contributed by atoms with van der Waals surface area (Å²) in [5.41, 5.74) is 3.35. The van der Waals surface area contributed by atoms with E-state index in [1.165, 1.54) is 107 Å². The van der Waals surface area contributed by atoms with Crippen LogP contribution in [0.25, 0.3) is 5.57 Å². The van der Waals surface area contributed by atoms with Gasteiger partial charge in [-0.05, 0) is 156 Å². The minimum atomic E-state index is 0.0120. The lowest BCUT2D eigenvalue weighted by atomic mass is 9.69. The highest BCUT2D eigenvalue weighted by Crippen LogP contribution is 2.45. The van der Waals surface area contributed by atoms with E-state index in [1.54, 1.807) is 0 Å². The molecule has 3 saturated carbocycles. The van der Waals surface area contributed by atoms with Crippen LogP contribution >= 0.6 is 0 Å². The van der Waals surface area contributed by atoms with Crippen molar-refractivity contribution in [3.8, 4) is 0 Å². The molecule has 0 aliphatic heterocycles. The lowest BCUT2D eigenvalue weighted by Gasteiger charge is -2.38. The Morgan fingerprint density at radius 3 is 1.90 bits per heavy atom. The van der Waals surface area contributed by atoms with E-state index < -0.39 is 0 Å². The van der Waals surface area contributed by atoms with E-state index in [0.717, 1.165) is 55.3 Å². The van der Waals surface area contributed by atoms with Gasteiger partial charge in [0, 0.05) is 18.8 Å². The second-order valence-corrected chi connectivity index (χ2v) is 13.4. The summed E-state index contributed by atoms with van der Waals surface area (Å²) in [5, 5.41) is 0. The number of halogens is 1. The van der Waals surface area contributed by atoms with Gasteiger partial charge in [-0.3, -0.25) is 0 Å². The first-order valence-corrected chi connectivity index (χ1v) is 16.9. The molecular weight excluding hydrogens is 483 g/mol. The van der Waals surface area contributed by atoms with E-state index in [9.17, 15) is 0 Å². The van der Waals surface area contributed by atoms with Gasteiger partial charge in [-0.2, -0.15) is 0 Å². The molecule has 0 spiro atoms. The van der Waals surface area contributed by atoms with Gasteiger partial charge >= 0.3 is 0 Å². The fourth-order valence-corrected chi connectivity index (χ4v) is 8.58. The number of unbranched alkanes of at least 4 members (excludes halogenated alkanes) is 1. The normalized spacial score (nSPS) is 34.0. The van der Waals surface area contributed by atoms with Crippen molar-refractivity contribution in [2.24, 2.45) is 23.7 Å². The molecule has 1 unspecified atom stereocenters. The van der Waals surface area contributed by atoms with Crippen molar-refractivity contribution in [3.05, 3.63) is 41.2 Å². The Bertz CT molecular complexity index is 901. The van der Waals surface area contributed by atoms with Gasteiger partial charge in [0.25, 0.3) is 0 Å². The van der Waals surface area contributed by atoms with Crippen LogP contribution in [0.1, 0.15) is 140 Å². The van der Waals surface area contributed by atoms with Gasteiger partial charge < -0.3 is 9.47 Å². The maximum absolute atomic E-state index is 15.4. The maximum atomic E-state index is 15.4. The van der Waals surface area contributed by atoms with Gasteiger partial charge in [0.2, 0.25) is 0 Å². The minimum Gasteiger partial charge on any atom is -0.379 e. The second kappa shape index (κ2) is 14.6. The number of benzene rings is 1. The molecule has 0 N–H and O–H groups in total. The van der Waals surface area contributed by atoms with Crippen LogP contribution in [0, 0.1) is 29.5 Å². The van der Waals surface area contributed by atoms with Crippen LogP contribution in [-0.4, -0.2) is 25.4 Å². The monoisotopic (exact) mass is 538 g/mol. The third kappa shape index (κ3) is 7.76. The number of hydrogen-bond acceptors (Lipinski definition) is 2. The highest BCUT2D eigenvalue weighted by atomic mass is 19.1. The fraction of sp³-hybridized carbons (Fsp3) is 0.778. The van der Waals surface area contributed by atoms with E-state index in [4.69, 9.17) is 9.47 Å². The standard InChI is InChI=1S/C36H55FO2/c1-3-5-24-39-34-21-16-29(17-22-34)26-6-8-30(9-7-26)32-18-23-35(36(37)25-32)31-12-10-27(11-13-31)28-14-19-33(20-15-28)38-4-2/h12,18,23,25-30,33-34H,3-11,13-17,19-22,24H2,1-2H3. The van der Waals surface area contributed by atoms with Gasteiger partial charge in [-0.25, -0.2) is 4.39 Å². The molecule has 39 heavy (non-hydrogen) atoms. The second-order valence-electron chi connectivity index (χ2n) is 13.4. The Labute approximate surface area is 238 Å². The van der Waals surface area contributed by atoms with Crippen molar-refractivity contribution in [2.45, 2.75) is 141 Å². The molecule has 5 rings (SSSR count). The van der Waals surface area contributed by atoms with E-state index >= 15 is 4.39 Å². The molecule has 0 amide bonds. The number of ether oxygens (including phenoxy) is 2. The van der Waals surface area contributed by atoms with Gasteiger partial charge in [-0.1, -0.05) is 31.6 Å². The van der Waals surface area contributed by atoms with Gasteiger partial charge in [-0.15, -0.1) is 0 Å². The largest absolute Gasteiger partial charge is 0.379 e. The zero-order valence-electron chi connectivity index (χ0n) is 25.0. The molecule has 218 valence electrons. The van der Waals surface area contributed by atoms with E-state index in [0.29, 0.717) is 18.1 Å².